The van der Waals surface area contributed by atoms with Crippen molar-refractivity contribution < 1.29 is 20.1 Å². The predicted molar refractivity (Wildman–Crippen MR) is 135 cm³/mol. The number of ether oxygens (including phenoxy) is 1. The van der Waals surface area contributed by atoms with Crippen LogP contribution in [0.3, 0.4) is 0 Å². The molecule has 0 aromatic heterocycles. The van der Waals surface area contributed by atoms with E-state index in [9.17, 15) is 15.3 Å². The van der Waals surface area contributed by atoms with Crippen LogP contribution in [0.15, 0.2) is 0 Å². The molecule has 4 saturated carbocycles. The SMILES string of the molecule is CC1(C)O[C@](C)([C@H]2CC[C@]3(C)[C@@H]2[C@H](O)C[C@@H]2[C@@]4(C)CC[C@H](O)C(C)(C)[C@@H]4CC[C@]23C)CC[C@H]1O. The molecule has 5 rings (SSSR count). The fourth-order valence-electron chi connectivity index (χ4n) is 11.2. The van der Waals surface area contributed by atoms with Gasteiger partial charge >= 0.3 is 0 Å². The fraction of sp³-hybridized carbons (Fsp3) is 1.00. The van der Waals surface area contributed by atoms with E-state index in [0.717, 1.165) is 44.9 Å². The van der Waals surface area contributed by atoms with Crippen LogP contribution in [0.1, 0.15) is 113 Å². The summed E-state index contributed by atoms with van der Waals surface area (Å²) in [4.78, 5) is 0. The summed E-state index contributed by atoms with van der Waals surface area (Å²) in [6, 6.07) is 0. The third kappa shape index (κ3) is 3.10. The highest BCUT2D eigenvalue weighted by atomic mass is 16.5. The fourth-order valence-corrected chi connectivity index (χ4v) is 11.2. The molecule has 0 unspecified atom stereocenters. The van der Waals surface area contributed by atoms with E-state index in [0.29, 0.717) is 17.8 Å². The minimum atomic E-state index is -0.544. The first-order chi connectivity index (χ1) is 15.5. The molecule has 3 N–H and O–H groups in total. The smallest absolute Gasteiger partial charge is 0.0891 e. The molecule has 1 aliphatic heterocycles. The second kappa shape index (κ2) is 7.45. The van der Waals surface area contributed by atoms with Crippen LogP contribution in [0.25, 0.3) is 0 Å². The molecule has 4 nitrogen and oxygen atoms in total. The maximum absolute atomic E-state index is 11.9. The molecule has 196 valence electrons. The van der Waals surface area contributed by atoms with Gasteiger partial charge in [0.2, 0.25) is 0 Å². The van der Waals surface area contributed by atoms with Gasteiger partial charge in [-0.1, -0.05) is 34.6 Å². The maximum Gasteiger partial charge on any atom is 0.0891 e. The topological polar surface area (TPSA) is 69.9 Å². The number of hydrogen-bond donors (Lipinski definition) is 3. The van der Waals surface area contributed by atoms with E-state index < -0.39 is 11.7 Å². The third-order valence-electron chi connectivity index (χ3n) is 13.4. The van der Waals surface area contributed by atoms with Gasteiger partial charge in [-0.15, -0.1) is 0 Å². The minimum absolute atomic E-state index is 0.0644. The van der Waals surface area contributed by atoms with Crippen molar-refractivity contribution in [2.75, 3.05) is 0 Å². The molecule has 5 fully saturated rings. The lowest BCUT2D eigenvalue weighted by Gasteiger charge is -2.70. The molecule has 0 radical (unpaired) electrons. The molecule has 0 aromatic carbocycles. The number of aliphatic hydroxyl groups is 3. The first kappa shape index (κ1) is 25.5. The Labute approximate surface area is 208 Å². The van der Waals surface area contributed by atoms with Crippen molar-refractivity contribution in [3.63, 3.8) is 0 Å². The first-order valence-corrected chi connectivity index (χ1v) is 14.3. The highest BCUT2D eigenvalue weighted by Crippen LogP contribution is 2.76. The third-order valence-corrected chi connectivity index (χ3v) is 13.4. The zero-order valence-electron chi connectivity index (χ0n) is 23.2. The van der Waals surface area contributed by atoms with E-state index in [4.69, 9.17) is 4.74 Å². The highest BCUT2D eigenvalue weighted by Gasteiger charge is 2.71. The van der Waals surface area contributed by atoms with Gasteiger partial charge in [0.05, 0.1) is 29.5 Å². The number of fused-ring (bicyclic) bond motifs is 5. The van der Waals surface area contributed by atoms with Gasteiger partial charge in [-0.3, -0.25) is 0 Å². The molecule has 0 bridgehead atoms. The average Bonchev–Trinajstić information content (AvgIpc) is 3.11. The Morgan fingerprint density at radius 1 is 0.647 bits per heavy atom. The number of aliphatic hydroxyl groups excluding tert-OH is 3. The lowest BCUT2D eigenvalue weighted by atomic mass is 9.35. The summed E-state index contributed by atoms with van der Waals surface area (Å²) >= 11 is 0. The molecule has 4 heteroatoms. The summed E-state index contributed by atoms with van der Waals surface area (Å²) in [6.45, 7) is 18.5. The molecule has 0 aromatic rings. The monoisotopic (exact) mass is 476 g/mol. The first-order valence-electron chi connectivity index (χ1n) is 14.3. The van der Waals surface area contributed by atoms with E-state index >= 15 is 0 Å². The Hall–Kier alpha value is -0.160. The lowest BCUT2D eigenvalue weighted by molar-refractivity contribution is -0.268. The maximum atomic E-state index is 11.9. The van der Waals surface area contributed by atoms with Crippen LogP contribution in [0.2, 0.25) is 0 Å². The summed E-state index contributed by atoms with van der Waals surface area (Å²) < 4.78 is 6.72. The van der Waals surface area contributed by atoms with Crippen molar-refractivity contribution in [2.24, 2.45) is 45.3 Å². The standard InChI is InChI=1S/C30H52O4/c1-25(2)20-10-15-28(6)21(27(20,5)13-11-22(25)32)17-19(31)24-18(9-14-29(24,28)7)30(8)16-12-23(33)26(3,4)34-30/h18-24,31-33H,9-17H2,1-8H3/t18-,19+,20-,21+,22-,23+,24-,27-,28+,29+,30-/m0/s1. The van der Waals surface area contributed by atoms with Crippen LogP contribution in [0, 0.1) is 45.3 Å². The lowest BCUT2D eigenvalue weighted by Crippen LogP contribution is -2.67. The number of rotatable bonds is 1. The van der Waals surface area contributed by atoms with Crippen molar-refractivity contribution in [2.45, 2.75) is 143 Å². The summed E-state index contributed by atoms with van der Waals surface area (Å²) in [6.07, 6.45) is 8.17. The van der Waals surface area contributed by atoms with Crippen LogP contribution in [-0.2, 0) is 4.74 Å². The Kier molecular flexibility index (Phi) is 5.59. The van der Waals surface area contributed by atoms with Gasteiger partial charge < -0.3 is 20.1 Å². The van der Waals surface area contributed by atoms with E-state index in [-0.39, 0.29) is 45.4 Å². The van der Waals surface area contributed by atoms with Gasteiger partial charge in [0, 0.05) is 0 Å². The van der Waals surface area contributed by atoms with Crippen LogP contribution in [0.4, 0.5) is 0 Å². The van der Waals surface area contributed by atoms with Crippen molar-refractivity contribution in [3.8, 4) is 0 Å². The van der Waals surface area contributed by atoms with Crippen molar-refractivity contribution in [1.29, 1.82) is 0 Å². The molecule has 11 atom stereocenters. The van der Waals surface area contributed by atoms with Gasteiger partial charge in [0.25, 0.3) is 0 Å². The zero-order chi connectivity index (χ0) is 25.1. The highest BCUT2D eigenvalue weighted by molar-refractivity contribution is 5.20. The van der Waals surface area contributed by atoms with Crippen LogP contribution in [0.5, 0.6) is 0 Å². The van der Waals surface area contributed by atoms with Gasteiger partial charge in [-0.25, -0.2) is 0 Å². The van der Waals surface area contributed by atoms with Crippen LogP contribution in [-0.4, -0.2) is 44.8 Å². The second-order valence-corrected chi connectivity index (χ2v) is 15.4. The Balaban J connectivity index is 1.50. The van der Waals surface area contributed by atoms with Crippen molar-refractivity contribution >= 4 is 0 Å². The largest absolute Gasteiger partial charge is 0.393 e. The molecule has 4 aliphatic carbocycles. The molecule has 1 heterocycles. The molecule has 5 aliphatic rings. The summed E-state index contributed by atoms with van der Waals surface area (Å²) in [5.41, 5.74) is -0.466. The molecule has 0 amide bonds. The quantitative estimate of drug-likeness (QED) is 0.453. The van der Waals surface area contributed by atoms with Gasteiger partial charge in [-0.05, 0) is 124 Å². The van der Waals surface area contributed by atoms with Gasteiger partial charge in [-0.2, -0.15) is 0 Å². The Morgan fingerprint density at radius 3 is 1.91 bits per heavy atom. The van der Waals surface area contributed by atoms with Gasteiger partial charge in [0.15, 0.2) is 0 Å². The molecule has 34 heavy (non-hydrogen) atoms. The minimum Gasteiger partial charge on any atom is -0.393 e. The summed E-state index contributed by atoms with van der Waals surface area (Å²) in [5, 5.41) is 33.4. The summed E-state index contributed by atoms with van der Waals surface area (Å²) in [5.74, 6) is 1.56. The van der Waals surface area contributed by atoms with E-state index in [1.807, 2.05) is 13.8 Å². The van der Waals surface area contributed by atoms with Crippen LogP contribution < -0.4 is 0 Å². The van der Waals surface area contributed by atoms with Gasteiger partial charge in [0.1, 0.15) is 0 Å². The van der Waals surface area contributed by atoms with Crippen molar-refractivity contribution in [3.05, 3.63) is 0 Å². The predicted octanol–water partition coefficient (Wildman–Crippen LogP) is 5.71. The van der Waals surface area contributed by atoms with Crippen molar-refractivity contribution in [1.82, 2.24) is 0 Å². The number of hydrogen-bond acceptors (Lipinski definition) is 4. The normalized spacial score (nSPS) is 58.5. The Bertz CT molecular complexity index is 823. The molecule has 1 saturated heterocycles. The van der Waals surface area contributed by atoms with Crippen LogP contribution >= 0.6 is 0 Å². The second-order valence-electron chi connectivity index (χ2n) is 15.4. The average molecular weight is 477 g/mol. The van der Waals surface area contributed by atoms with E-state index in [2.05, 4.69) is 41.5 Å². The summed E-state index contributed by atoms with van der Waals surface area (Å²) in [7, 11) is 0. The molecular weight excluding hydrogens is 424 g/mol. The zero-order valence-corrected chi connectivity index (χ0v) is 23.2. The van der Waals surface area contributed by atoms with E-state index in [1.54, 1.807) is 0 Å². The van der Waals surface area contributed by atoms with E-state index in [1.165, 1.54) is 12.8 Å². The molecular formula is C30H52O4. The Morgan fingerprint density at radius 2 is 1.26 bits per heavy atom. The molecule has 0 spiro atoms.